The SMILES string of the molecule is COCCn1c(=NC(=O)c2ccc([N+](=O)[O-])cc2)sc2cc([N+](=O)[O-])ccc21. The third-order valence-corrected chi connectivity index (χ3v) is 4.96. The summed E-state index contributed by atoms with van der Waals surface area (Å²) in [5.74, 6) is -0.567. The minimum Gasteiger partial charge on any atom is -0.383 e. The number of rotatable bonds is 6. The minimum absolute atomic E-state index is 0.0547. The zero-order valence-corrected chi connectivity index (χ0v) is 15.4. The number of benzene rings is 2. The third kappa shape index (κ3) is 3.94. The molecule has 3 aromatic rings. The van der Waals surface area contributed by atoms with Gasteiger partial charge in [0.25, 0.3) is 17.3 Å². The maximum absolute atomic E-state index is 12.5. The van der Waals surface area contributed by atoms with Crippen LogP contribution in [0.4, 0.5) is 11.4 Å². The first-order valence-electron chi connectivity index (χ1n) is 8.01. The standard InChI is InChI=1S/C17H14N4O6S/c1-27-9-8-19-14-7-6-13(21(25)26)10-15(14)28-17(19)18-16(22)11-2-4-12(5-3-11)20(23)24/h2-7,10H,8-9H2,1H3. The van der Waals surface area contributed by atoms with Crippen molar-refractivity contribution in [2.45, 2.75) is 6.54 Å². The average Bonchev–Trinajstić information content (AvgIpc) is 3.02. The summed E-state index contributed by atoms with van der Waals surface area (Å²) in [5, 5.41) is 21.7. The number of thiazole rings is 1. The van der Waals surface area contributed by atoms with Crippen molar-refractivity contribution in [3.8, 4) is 0 Å². The molecule has 0 saturated heterocycles. The van der Waals surface area contributed by atoms with Crippen molar-refractivity contribution in [3.63, 3.8) is 0 Å². The van der Waals surface area contributed by atoms with Gasteiger partial charge in [-0.1, -0.05) is 11.3 Å². The fourth-order valence-corrected chi connectivity index (χ4v) is 3.62. The molecule has 0 aliphatic carbocycles. The van der Waals surface area contributed by atoms with Gasteiger partial charge in [-0.3, -0.25) is 25.0 Å². The van der Waals surface area contributed by atoms with Crippen LogP contribution in [0.25, 0.3) is 10.2 Å². The zero-order valence-electron chi connectivity index (χ0n) is 14.6. The number of nitrogens with zero attached hydrogens (tertiary/aromatic N) is 4. The van der Waals surface area contributed by atoms with E-state index in [4.69, 9.17) is 4.74 Å². The van der Waals surface area contributed by atoms with Gasteiger partial charge in [0.15, 0.2) is 4.80 Å². The number of fused-ring (bicyclic) bond motifs is 1. The molecule has 0 N–H and O–H groups in total. The minimum atomic E-state index is -0.567. The normalized spacial score (nSPS) is 11.7. The van der Waals surface area contributed by atoms with Gasteiger partial charge in [0, 0.05) is 43.5 Å². The number of hydrogen-bond acceptors (Lipinski definition) is 7. The van der Waals surface area contributed by atoms with Gasteiger partial charge in [-0.15, -0.1) is 0 Å². The molecule has 10 nitrogen and oxygen atoms in total. The number of carbonyl (C=O) groups excluding carboxylic acids is 1. The number of nitro benzene ring substituents is 2. The van der Waals surface area contributed by atoms with E-state index < -0.39 is 15.8 Å². The van der Waals surface area contributed by atoms with E-state index >= 15 is 0 Å². The quantitative estimate of drug-likeness (QED) is 0.460. The Labute approximate surface area is 161 Å². The Morgan fingerprint density at radius 2 is 1.75 bits per heavy atom. The van der Waals surface area contributed by atoms with E-state index in [9.17, 15) is 25.0 Å². The fourth-order valence-electron chi connectivity index (χ4n) is 2.54. The Balaban J connectivity index is 2.07. The van der Waals surface area contributed by atoms with Gasteiger partial charge < -0.3 is 9.30 Å². The molecular formula is C17H14N4O6S. The predicted octanol–water partition coefficient (Wildman–Crippen LogP) is 2.91. The van der Waals surface area contributed by atoms with Gasteiger partial charge in [-0.05, 0) is 18.2 Å². The Morgan fingerprint density at radius 1 is 1.11 bits per heavy atom. The number of ether oxygens (including phenoxy) is 1. The lowest BCUT2D eigenvalue weighted by molar-refractivity contribution is -0.385. The van der Waals surface area contributed by atoms with Crippen LogP contribution in [0.3, 0.4) is 0 Å². The number of nitro groups is 2. The van der Waals surface area contributed by atoms with Crippen LogP contribution in [0.2, 0.25) is 0 Å². The van der Waals surface area contributed by atoms with E-state index in [1.165, 1.54) is 36.4 Å². The third-order valence-electron chi connectivity index (χ3n) is 3.92. The van der Waals surface area contributed by atoms with E-state index in [1.54, 1.807) is 17.7 Å². The van der Waals surface area contributed by atoms with E-state index in [-0.39, 0.29) is 16.9 Å². The van der Waals surface area contributed by atoms with E-state index in [0.717, 1.165) is 11.3 Å². The predicted molar refractivity (Wildman–Crippen MR) is 101 cm³/mol. The second kappa shape index (κ2) is 8.06. The van der Waals surface area contributed by atoms with Crippen molar-refractivity contribution in [1.82, 2.24) is 4.57 Å². The summed E-state index contributed by atoms with van der Waals surface area (Å²) in [7, 11) is 1.54. The number of hydrogen-bond donors (Lipinski definition) is 0. The molecule has 0 fully saturated rings. The Hall–Kier alpha value is -3.44. The van der Waals surface area contributed by atoms with Crippen molar-refractivity contribution in [3.05, 3.63) is 73.1 Å². The van der Waals surface area contributed by atoms with Crippen LogP contribution in [0.5, 0.6) is 0 Å². The molecule has 2 aromatic carbocycles. The van der Waals surface area contributed by atoms with Crippen LogP contribution in [0, 0.1) is 20.2 Å². The highest BCUT2D eigenvalue weighted by Gasteiger charge is 2.14. The first kappa shape index (κ1) is 19.3. The first-order chi connectivity index (χ1) is 13.4. The smallest absolute Gasteiger partial charge is 0.279 e. The maximum Gasteiger partial charge on any atom is 0.279 e. The summed E-state index contributed by atoms with van der Waals surface area (Å²) in [6, 6.07) is 9.56. The van der Waals surface area contributed by atoms with Gasteiger partial charge in [-0.2, -0.15) is 4.99 Å². The van der Waals surface area contributed by atoms with E-state index in [1.807, 2.05) is 0 Å². The van der Waals surface area contributed by atoms with Gasteiger partial charge in [0.05, 0.1) is 26.7 Å². The molecule has 144 valence electrons. The number of methoxy groups -OCH3 is 1. The summed E-state index contributed by atoms with van der Waals surface area (Å²) in [6.45, 7) is 0.766. The van der Waals surface area contributed by atoms with Crippen molar-refractivity contribution in [2.24, 2.45) is 4.99 Å². The molecule has 0 saturated carbocycles. The molecule has 0 bridgehead atoms. The highest BCUT2D eigenvalue weighted by Crippen LogP contribution is 2.23. The average molecular weight is 402 g/mol. The van der Waals surface area contributed by atoms with Crippen LogP contribution >= 0.6 is 11.3 Å². The van der Waals surface area contributed by atoms with Crippen LogP contribution in [0.1, 0.15) is 10.4 Å². The molecule has 1 aromatic heterocycles. The van der Waals surface area contributed by atoms with Crippen LogP contribution in [0.15, 0.2) is 47.5 Å². The lowest BCUT2D eigenvalue weighted by atomic mass is 10.2. The van der Waals surface area contributed by atoms with Crippen molar-refractivity contribution < 1.29 is 19.4 Å². The summed E-state index contributed by atoms with van der Waals surface area (Å²) in [6.07, 6.45) is 0. The molecule has 28 heavy (non-hydrogen) atoms. The molecule has 1 amide bonds. The molecule has 0 radical (unpaired) electrons. The molecular weight excluding hydrogens is 388 g/mol. The summed E-state index contributed by atoms with van der Waals surface area (Å²) in [5.41, 5.74) is 0.719. The fraction of sp³-hybridized carbons (Fsp3) is 0.176. The number of aromatic nitrogens is 1. The van der Waals surface area contributed by atoms with Crippen LogP contribution in [-0.4, -0.2) is 34.0 Å². The van der Waals surface area contributed by atoms with Crippen molar-refractivity contribution in [2.75, 3.05) is 13.7 Å². The highest BCUT2D eigenvalue weighted by atomic mass is 32.1. The van der Waals surface area contributed by atoms with Gasteiger partial charge >= 0.3 is 0 Å². The Morgan fingerprint density at radius 3 is 2.36 bits per heavy atom. The number of carbonyl (C=O) groups is 1. The molecule has 0 unspecified atom stereocenters. The molecule has 0 spiro atoms. The first-order valence-corrected chi connectivity index (χ1v) is 8.82. The van der Waals surface area contributed by atoms with Gasteiger partial charge in [0.2, 0.25) is 0 Å². The highest BCUT2D eigenvalue weighted by molar-refractivity contribution is 7.16. The molecule has 11 heteroatoms. The summed E-state index contributed by atoms with van der Waals surface area (Å²) < 4.78 is 7.45. The maximum atomic E-state index is 12.5. The lowest BCUT2D eigenvalue weighted by Crippen LogP contribution is -2.19. The topological polar surface area (TPSA) is 130 Å². The van der Waals surface area contributed by atoms with Crippen LogP contribution < -0.4 is 4.80 Å². The number of amides is 1. The van der Waals surface area contributed by atoms with Crippen LogP contribution in [-0.2, 0) is 11.3 Å². The number of non-ortho nitro benzene ring substituents is 2. The Kier molecular flexibility index (Phi) is 5.57. The lowest BCUT2D eigenvalue weighted by Gasteiger charge is -2.04. The van der Waals surface area contributed by atoms with Gasteiger partial charge in [-0.25, -0.2) is 0 Å². The van der Waals surface area contributed by atoms with E-state index in [0.29, 0.717) is 28.2 Å². The second-order valence-electron chi connectivity index (χ2n) is 5.66. The largest absolute Gasteiger partial charge is 0.383 e. The molecule has 1 heterocycles. The molecule has 3 rings (SSSR count). The summed E-state index contributed by atoms with van der Waals surface area (Å²) >= 11 is 1.14. The summed E-state index contributed by atoms with van der Waals surface area (Å²) in [4.78, 5) is 37.7. The van der Waals surface area contributed by atoms with Gasteiger partial charge in [0.1, 0.15) is 0 Å². The zero-order chi connectivity index (χ0) is 20.3. The Bertz CT molecular complexity index is 1130. The molecule has 0 atom stereocenters. The van der Waals surface area contributed by atoms with Crippen molar-refractivity contribution >= 4 is 38.8 Å². The van der Waals surface area contributed by atoms with E-state index in [2.05, 4.69) is 4.99 Å². The van der Waals surface area contributed by atoms with Crippen molar-refractivity contribution in [1.29, 1.82) is 0 Å². The molecule has 0 aliphatic heterocycles. The molecule has 0 aliphatic rings. The second-order valence-corrected chi connectivity index (χ2v) is 6.67. The monoisotopic (exact) mass is 402 g/mol.